The lowest BCUT2D eigenvalue weighted by Crippen LogP contribution is -2.32. The summed E-state index contributed by atoms with van der Waals surface area (Å²) in [4.78, 5) is 23.2. The Morgan fingerprint density at radius 2 is 2.22 bits per heavy atom. The average Bonchev–Trinajstić information content (AvgIpc) is 3.33. The first-order valence-electron chi connectivity index (χ1n) is 9.39. The minimum absolute atomic E-state index is 0.0412. The molecule has 7 heteroatoms. The topological polar surface area (TPSA) is 86.8 Å². The van der Waals surface area contributed by atoms with E-state index in [0.717, 1.165) is 47.7 Å². The molecule has 2 N–H and O–H groups in total. The van der Waals surface area contributed by atoms with Crippen molar-refractivity contribution in [2.24, 2.45) is 5.92 Å². The average molecular weight is 364 g/mol. The monoisotopic (exact) mass is 364 g/mol. The van der Waals surface area contributed by atoms with Gasteiger partial charge in [-0.15, -0.1) is 0 Å². The summed E-state index contributed by atoms with van der Waals surface area (Å²) in [6.45, 7) is 6.06. The molecule has 0 unspecified atom stereocenters. The van der Waals surface area contributed by atoms with Gasteiger partial charge in [-0.1, -0.05) is 19.9 Å². The van der Waals surface area contributed by atoms with Gasteiger partial charge in [0.25, 0.3) is 0 Å². The maximum atomic E-state index is 12.2. The van der Waals surface area contributed by atoms with Crippen LogP contribution in [0.4, 0.5) is 5.82 Å². The first-order chi connectivity index (χ1) is 13.1. The largest absolute Gasteiger partial charge is 0.362 e. The van der Waals surface area contributed by atoms with Crippen LogP contribution in [0.1, 0.15) is 37.6 Å². The second-order valence-corrected chi connectivity index (χ2v) is 7.30. The van der Waals surface area contributed by atoms with E-state index >= 15 is 0 Å². The van der Waals surface area contributed by atoms with Gasteiger partial charge in [-0.3, -0.25) is 14.9 Å². The summed E-state index contributed by atoms with van der Waals surface area (Å²) in [7, 11) is 0. The summed E-state index contributed by atoms with van der Waals surface area (Å²) in [5, 5.41) is 11.6. The number of aromatic amines is 1. The number of carbonyl (C=O) groups is 1. The highest BCUT2D eigenvalue weighted by molar-refractivity contribution is 5.87. The van der Waals surface area contributed by atoms with E-state index < -0.39 is 0 Å². The number of pyridine rings is 2. The van der Waals surface area contributed by atoms with Crippen molar-refractivity contribution in [3.05, 3.63) is 47.9 Å². The minimum Gasteiger partial charge on any atom is -0.362 e. The molecule has 0 bridgehead atoms. The number of likely N-dealkylation sites (tertiary alicyclic amines) is 1. The van der Waals surface area contributed by atoms with Gasteiger partial charge in [0.1, 0.15) is 0 Å². The van der Waals surface area contributed by atoms with Gasteiger partial charge in [0.15, 0.2) is 11.5 Å². The molecule has 1 atom stereocenters. The van der Waals surface area contributed by atoms with E-state index in [1.165, 1.54) is 0 Å². The van der Waals surface area contributed by atoms with E-state index in [2.05, 4.69) is 32.6 Å². The summed E-state index contributed by atoms with van der Waals surface area (Å²) in [6, 6.07) is 9.95. The van der Waals surface area contributed by atoms with Crippen molar-refractivity contribution in [1.82, 2.24) is 25.1 Å². The number of carbonyl (C=O) groups excluding carboxylic acids is 1. The summed E-state index contributed by atoms with van der Waals surface area (Å²) in [5.74, 6) is 1.32. The third-order valence-electron chi connectivity index (χ3n) is 5.02. The highest BCUT2D eigenvalue weighted by atomic mass is 16.2. The molecule has 3 aromatic heterocycles. The van der Waals surface area contributed by atoms with Crippen LogP contribution in [-0.2, 0) is 11.3 Å². The van der Waals surface area contributed by atoms with Crippen molar-refractivity contribution in [2.45, 2.75) is 32.7 Å². The number of nitrogens with one attached hydrogen (secondary N) is 2. The van der Waals surface area contributed by atoms with Crippen LogP contribution in [0.2, 0.25) is 0 Å². The highest BCUT2D eigenvalue weighted by Gasteiger charge is 2.29. The standard InChI is InChI=1S/C20H24N6O/c1-13(2)20(27)26-10-8-14(12-26)17-7-6-16-18(24-25-19(16)23-17)22-11-15-5-3-4-9-21-15/h3-7,9,13-14H,8,10-12H2,1-2H3,(H2,22,23,24,25)/t14-/m1/s1. The SMILES string of the molecule is CC(C)C(=O)N1CC[C@@H](c2ccc3c(NCc4ccccn4)n[nH]c3n2)C1. The molecule has 1 fully saturated rings. The van der Waals surface area contributed by atoms with Gasteiger partial charge in [-0.05, 0) is 30.7 Å². The van der Waals surface area contributed by atoms with Crippen LogP contribution < -0.4 is 5.32 Å². The molecular weight excluding hydrogens is 340 g/mol. The Kier molecular flexibility index (Phi) is 4.75. The predicted octanol–water partition coefficient (Wildman–Crippen LogP) is 2.94. The lowest BCUT2D eigenvalue weighted by atomic mass is 10.0. The van der Waals surface area contributed by atoms with E-state index in [0.29, 0.717) is 6.54 Å². The van der Waals surface area contributed by atoms with E-state index in [1.807, 2.05) is 36.9 Å². The summed E-state index contributed by atoms with van der Waals surface area (Å²) >= 11 is 0. The number of aromatic nitrogens is 4. The van der Waals surface area contributed by atoms with Crippen molar-refractivity contribution < 1.29 is 4.79 Å². The number of amides is 1. The smallest absolute Gasteiger partial charge is 0.225 e. The van der Waals surface area contributed by atoms with Gasteiger partial charge >= 0.3 is 0 Å². The fourth-order valence-electron chi connectivity index (χ4n) is 3.53. The zero-order valence-electron chi connectivity index (χ0n) is 15.6. The lowest BCUT2D eigenvalue weighted by molar-refractivity contribution is -0.133. The van der Waals surface area contributed by atoms with E-state index in [1.54, 1.807) is 6.20 Å². The Balaban J connectivity index is 1.47. The molecule has 1 amide bonds. The Morgan fingerprint density at radius 3 is 3.00 bits per heavy atom. The maximum absolute atomic E-state index is 12.2. The van der Waals surface area contributed by atoms with Gasteiger partial charge in [0, 0.05) is 36.8 Å². The third kappa shape index (κ3) is 3.63. The molecular formula is C20H24N6O. The normalized spacial score (nSPS) is 17.0. The van der Waals surface area contributed by atoms with Crippen LogP contribution >= 0.6 is 0 Å². The molecule has 4 heterocycles. The first kappa shape index (κ1) is 17.5. The molecule has 1 aliphatic rings. The first-order valence-corrected chi connectivity index (χ1v) is 9.39. The van der Waals surface area contributed by atoms with Crippen molar-refractivity contribution in [3.8, 4) is 0 Å². The second kappa shape index (κ2) is 7.34. The number of nitrogens with zero attached hydrogens (tertiary/aromatic N) is 4. The second-order valence-electron chi connectivity index (χ2n) is 7.30. The molecule has 0 radical (unpaired) electrons. The van der Waals surface area contributed by atoms with Crippen LogP contribution in [-0.4, -0.2) is 44.1 Å². The predicted molar refractivity (Wildman–Crippen MR) is 104 cm³/mol. The Bertz CT molecular complexity index is 936. The Labute approximate surface area is 158 Å². The molecule has 7 nitrogen and oxygen atoms in total. The number of anilines is 1. The van der Waals surface area contributed by atoms with Gasteiger partial charge in [-0.25, -0.2) is 4.98 Å². The van der Waals surface area contributed by atoms with Crippen LogP contribution in [0.3, 0.4) is 0 Å². The fourth-order valence-corrected chi connectivity index (χ4v) is 3.53. The van der Waals surface area contributed by atoms with E-state index in [9.17, 15) is 4.79 Å². The molecule has 1 saturated heterocycles. The third-order valence-corrected chi connectivity index (χ3v) is 5.02. The van der Waals surface area contributed by atoms with Gasteiger partial charge in [0.05, 0.1) is 17.6 Å². The molecule has 27 heavy (non-hydrogen) atoms. The van der Waals surface area contributed by atoms with Crippen LogP contribution in [0.5, 0.6) is 0 Å². The Morgan fingerprint density at radius 1 is 1.33 bits per heavy atom. The van der Waals surface area contributed by atoms with Crippen molar-refractivity contribution in [2.75, 3.05) is 18.4 Å². The van der Waals surface area contributed by atoms with Crippen molar-refractivity contribution >= 4 is 22.8 Å². The molecule has 140 valence electrons. The number of hydrogen-bond acceptors (Lipinski definition) is 5. The summed E-state index contributed by atoms with van der Waals surface area (Å²) < 4.78 is 0. The maximum Gasteiger partial charge on any atom is 0.225 e. The summed E-state index contributed by atoms with van der Waals surface area (Å²) in [5.41, 5.74) is 2.74. The highest BCUT2D eigenvalue weighted by Crippen LogP contribution is 2.29. The quantitative estimate of drug-likeness (QED) is 0.727. The van der Waals surface area contributed by atoms with E-state index in [4.69, 9.17) is 4.98 Å². The lowest BCUT2D eigenvalue weighted by Gasteiger charge is -2.18. The molecule has 0 saturated carbocycles. The van der Waals surface area contributed by atoms with Crippen molar-refractivity contribution in [3.63, 3.8) is 0 Å². The molecule has 0 spiro atoms. The zero-order valence-corrected chi connectivity index (χ0v) is 15.6. The van der Waals surface area contributed by atoms with Gasteiger partial charge in [0.2, 0.25) is 5.91 Å². The van der Waals surface area contributed by atoms with Crippen LogP contribution in [0, 0.1) is 5.92 Å². The Hall–Kier alpha value is -2.96. The number of fused-ring (bicyclic) bond motifs is 1. The zero-order chi connectivity index (χ0) is 18.8. The number of hydrogen-bond donors (Lipinski definition) is 2. The molecule has 4 rings (SSSR count). The number of rotatable bonds is 5. The van der Waals surface area contributed by atoms with Gasteiger partial charge in [-0.2, -0.15) is 5.10 Å². The van der Waals surface area contributed by atoms with Crippen molar-refractivity contribution in [1.29, 1.82) is 0 Å². The molecule has 0 aliphatic carbocycles. The summed E-state index contributed by atoms with van der Waals surface area (Å²) in [6.07, 6.45) is 2.73. The fraction of sp³-hybridized carbons (Fsp3) is 0.400. The van der Waals surface area contributed by atoms with Gasteiger partial charge < -0.3 is 10.2 Å². The molecule has 3 aromatic rings. The van der Waals surface area contributed by atoms with Crippen LogP contribution in [0.25, 0.3) is 11.0 Å². The molecule has 0 aromatic carbocycles. The molecule has 1 aliphatic heterocycles. The van der Waals surface area contributed by atoms with Crippen LogP contribution in [0.15, 0.2) is 36.5 Å². The number of H-pyrrole nitrogens is 1. The van der Waals surface area contributed by atoms with E-state index in [-0.39, 0.29) is 17.7 Å². The minimum atomic E-state index is 0.0412.